The largest absolute Gasteiger partial charge is 0.341 e. The summed E-state index contributed by atoms with van der Waals surface area (Å²) in [4.78, 5) is 15.1. The highest BCUT2D eigenvalue weighted by atomic mass is 32.2. The quantitative estimate of drug-likeness (QED) is 0.842. The summed E-state index contributed by atoms with van der Waals surface area (Å²) in [6, 6.07) is 11.6. The second kappa shape index (κ2) is 7.07. The van der Waals surface area contributed by atoms with E-state index in [4.69, 9.17) is 0 Å². The second-order valence-electron chi connectivity index (χ2n) is 6.21. The maximum Gasteiger partial charge on any atom is 0.227 e. The van der Waals surface area contributed by atoms with Crippen LogP contribution in [0.25, 0.3) is 0 Å². The molecule has 3 rings (SSSR count). The van der Waals surface area contributed by atoms with Gasteiger partial charge >= 0.3 is 0 Å². The molecule has 24 heavy (non-hydrogen) atoms. The molecule has 1 atom stereocenters. The topological polar surface area (TPSA) is 54.5 Å². The maximum absolute atomic E-state index is 12.6. The summed E-state index contributed by atoms with van der Waals surface area (Å²) in [5, 5.41) is 1.42. The molecule has 0 radical (unpaired) electrons. The third kappa shape index (κ3) is 3.87. The lowest BCUT2D eigenvalue weighted by Crippen LogP contribution is -2.34. The molecular weight excluding hydrogens is 342 g/mol. The summed E-state index contributed by atoms with van der Waals surface area (Å²) in [5.41, 5.74) is 2.10. The van der Waals surface area contributed by atoms with Crippen LogP contribution in [-0.4, -0.2) is 38.1 Å². The van der Waals surface area contributed by atoms with Crippen molar-refractivity contribution >= 4 is 27.1 Å². The average molecular weight is 364 g/mol. The molecule has 1 amide bonds. The van der Waals surface area contributed by atoms with Crippen LogP contribution in [0.1, 0.15) is 27.7 Å². The van der Waals surface area contributed by atoms with Crippen molar-refractivity contribution in [2.24, 2.45) is 0 Å². The molecule has 0 aliphatic carbocycles. The highest BCUT2D eigenvalue weighted by molar-refractivity contribution is 7.91. The molecule has 4 nitrogen and oxygen atoms in total. The van der Waals surface area contributed by atoms with Crippen molar-refractivity contribution in [2.75, 3.05) is 18.8 Å². The number of carbonyl (C=O) groups is 1. The summed E-state index contributed by atoms with van der Waals surface area (Å²) in [6.07, 6.45) is 0.799. The Hall–Kier alpha value is -1.66. The van der Waals surface area contributed by atoms with Crippen LogP contribution in [0.5, 0.6) is 0 Å². The summed E-state index contributed by atoms with van der Waals surface area (Å²) >= 11 is 1.47. The third-order valence-corrected chi connectivity index (χ3v) is 7.63. The Kier molecular flexibility index (Phi) is 5.06. The fourth-order valence-electron chi connectivity index (χ4n) is 3.10. The Morgan fingerprint density at radius 1 is 1.25 bits per heavy atom. The van der Waals surface area contributed by atoms with E-state index in [0.717, 1.165) is 16.0 Å². The number of thiophene rings is 1. The van der Waals surface area contributed by atoms with Crippen molar-refractivity contribution < 1.29 is 13.2 Å². The molecule has 6 heteroatoms. The number of nitrogens with zero attached hydrogens (tertiary/aromatic N) is 1. The molecule has 2 heterocycles. The Bertz CT molecular complexity index is 813. The molecule has 1 aromatic carbocycles. The Labute approximate surface area is 147 Å². The number of sulfone groups is 1. The number of aryl methyl sites for hydroxylation is 1. The van der Waals surface area contributed by atoms with Crippen molar-refractivity contribution in [1.82, 2.24) is 4.90 Å². The van der Waals surface area contributed by atoms with E-state index in [2.05, 4.69) is 0 Å². The zero-order chi connectivity index (χ0) is 17.2. The van der Waals surface area contributed by atoms with Crippen molar-refractivity contribution in [1.29, 1.82) is 0 Å². The molecule has 1 aliphatic rings. The van der Waals surface area contributed by atoms with Crippen molar-refractivity contribution in [2.45, 2.75) is 25.0 Å². The van der Waals surface area contributed by atoms with Gasteiger partial charge in [-0.3, -0.25) is 4.79 Å². The van der Waals surface area contributed by atoms with Gasteiger partial charge in [-0.1, -0.05) is 35.9 Å². The lowest BCUT2D eigenvalue weighted by Gasteiger charge is -2.20. The van der Waals surface area contributed by atoms with Gasteiger partial charge in [0, 0.05) is 18.0 Å². The number of benzene rings is 1. The summed E-state index contributed by atoms with van der Waals surface area (Å²) in [5.74, 6) is 0.0393. The molecule has 1 aromatic heterocycles. The van der Waals surface area contributed by atoms with E-state index < -0.39 is 15.1 Å². The first kappa shape index (κ1) is 17.2. The average Bonchev–Trinajstić information content (AvgIpc) is 2.98. The minimum Gasteiger partial charge on any atom is -0.341 e. The van der Waals surface area contributed by atoms with Gasteiger partial charge in [-0.15, -0.1) is 11.3 Å². The molecule has 128 valence electrons. The predicted molar refractivity (Wildman–Crippen MR) is 96.9 cm³/mol. The molecule has 1 saturated heterocycles. The van der Waals surface area contributed by atoms with Crippen LogP contribution in [-0.2, 0) is 21.1 Å². The Balaban J connectivity index is 1.71. The van der Waals surface area contributed by atoms with Gasteiger partial charge in [0.1, 0.15) is 0 Å². The van der Waals surface area contributed by atoms with Gasteiger partial charge in [-0.05, 0) is 30.4 Å². The number of amides is 1. The van der Waals surface area contributed by atoms with E-state index in [1.807, 2.05) is 48.7 Å². The maximum atomic E-state index is 12.6. The number of carbonyl (C=O) groups excluding carboxylic acids is 1. The van der Waals surface area contributed by atoms with Crippen LogP contribution in [0.3, 0.4) is 0 Å². The third-order valence-electron chi connectivity index (χ3n) is 4.39. The summed E-state index contributed by atoms with van der Waals surface area (Å²) in [6.45, 7) is 2.78. The van der Waals surface area contributed by atoms with E-state index in [1.165, 1.54) is 11.3 Å². The van der Waals surface area contributed by atoms with Crippen molar-refractivity contribution in [3.63, 3.8) is 0 Å². The molecule has 1 unspecified atom stereocenters. The van der Waals surface area contributed by atoms with Crippen LogP contribution < -0.4 is 0 Å². The minimum absolute atomic E-state index is 0.00243. The molecule has 0 N–H and O–H groups in total. The van der Waals surface area contributed by atoms with Crippen LogP contribution in [0, 0.1) is 6.92 Å². The highest BCUT2D eigenvalue weighted by Gasteiger charge is 2.33. The molecule has 2 aromatic rings. The van der Waals surface area contributed by atoms with Crippen LogP contribution in [0.4, 0.5) is 0 Å². The SMILES string of the molecule is Cc1cccc(CC(=O)N2CCC(c3cccs3)S(=O)(=O)CC2)c1. The van der Waals surface area contributed by atoms with Crippen LogP contribution in [0.15, 0.2) is 41.8 Å². The normalized spacial score (nSPS) is 20.5. The highest BCUT2D eigenvalue weighted by Crippen LogP contribution is 2.32. The van der Waals surface area contributed by atoms with Crippen molar-refractivity contribution in [3.8, 4) is 0 Å². The second-order valence-corrected chi connectivity index (χ2v) is 9.49. The Morgan fingerprint density at radius 3 is 2.79 bits per heavy atom. The van der Waals surface area contributed by atoms with Gasteiger partial charge in [0.2, 0.25) is 5.91 Å². The predicted octanol–water partition coefficient (Wildman–Crippen LogP) is 2.99. The van der Waals surface area contributed by atoms with Gasteiger partial charge < -0.3 is 4.90 Å². The first-order valence-corrected chi connectivity index (χ1v) is 10.6. The fraction of sp³-hybridized carbons (Fsp3) is 0.389. The van der Waals surface area contributed by atoms with Gasteiger partial charge in [-0.2, -0.15) is 0 Å². The Morgan fingerprint density at radius 2 is 2.08 bits per heavy atom. The minimum atomic E-state index is -3.21. The van der Waals surface area contributed by atoms with Gasteiger partial charge in [0.05, 0.1) is 17.4 Å². The first-order valence-electron chi connectivity index (χ1n) is 8.04. The molecule has 0 saturated carbocycles. The monoisotopic (exact) mass is 363 g/mol. The number of hydrogen-bond acceptors (Lipinski definition) is 4. The molecule has 0 spiro atoms. The molecule has 1 fully saturated rings. The standard InChI is InChI=1S/C18H21NO3S2/c1-14-4-2-5-15(12-14)13-18(20)19-8-7-17(16-6-3-10-23-16)24(21,22)11-9-19/h2-6,10,12,17H,7-9,11,13H2,1H3. The number of rotatable bonds is 3. The van der Waals surface area contributed by atoms with Gasteiger partial charge in [-0.25, -0.2) is 8.42 Å². The van der Waals surface area contributed by atoms with Crippen LogP contribution in [0.2, 0.25) is 0 Å². The van der Waals surface area contributed by atoms with E-state index in [0.29, 0.717) is 19.4 Å². The van der Waals surface area contributed by atoms with E-state index in [-0.39, 0.29) is 18.2 Å². The summed E-state index contributed by atoms with van der Waals surface area (Å²) in [7, 11) is -3.21. The zero-order valence-corrected chi connectivity index (χ0v) is 15.3. The molecule has 0 bridgehead atoms. The smallest absolute Gasteiger partial charge is 0.227 e. The first-order chi connectivity index (χ1) is 11.5. The van der Waals surface area contributed by atoms with Gasteiger partial charge in [0.15, 0.2) is 9.84 Å². The molecule has 1 aliphatic heterocycles. The fourth-order valence-corrected chi connectivity index (χ4v) is 6.10. The van der Waals surface area contributed by atoms with Gasteiger partial charge in [0.25, 0.3) is 0 Å². The molecular formula is C18H21NO3S2. The van der Waals surface area contributed by atoms with E-state index >= 15 is 0 Å². The van der Waals surface area contributed by atoms with Crippen molar-refractivity contribution in [3.05, 3.63) is 57.8 Å². The summed E-state index contributed by atoms with van der Waals surface area (Å²) < 4.78 is 25.1. The van der Waals surface area contributed by atoms with E-state index in [1.54, 1.807) is 4.90 Å². The lowest BCUT2D eigenvalue weighted by molar-refractivity contribution is -0.130. The lowest BCUT2D eigenvalue weighted by atomic mass is 10.1. The van der Waals surface area contributed by atoms with E-state index in [9.17, 15) is 13.2 Å². The number of hydrogen-bond donors (Lipinski definition) is 0. The zero-order valence-electron chi connectivity index (χ0n) is 13.6. The van der Waals surface area contributed by atoms with Crippen LogP contribution >= 0.6 is 11.3 Å².